The molecular weight excluding hydrogens is 288 g/mol. The minimum absolute atomic E-state index is 0.118. The Hall–Kier alpha value is -3.35. The molecule has 1 aromatic heterocycles. The average Bonchev–Trinajstić information content (AvgIpc) is 2.53. The van der Waals surface area contributed by atoms with Crippen LogP contribution in [-0.2, 0) is 0 Å². The number of non-ortho nitro benzene ring substituents is 1. The summed E-state index contributed by atoms with van der Waals surface area (Å²) in [5, 5.41) is 32.9. The molecule has 7 heteroatoms. The van der Waals surface area contributed by atoms with Gasteiger partial charge in [-0.3, -0.25) is 10.1 Å². The van der Waals surface area contributed by atoms with E-state index in [0.29, 0.717) is 22.3 Å². The van der Waals surface area contributed by atoms with Gasteiger partial charge in [-0.2, -0.15) is 0 Å². The Morgan fingerprint density at radius 2 is 1.82 bits per heavy atom. The van der Waals surface area contributed by atoms with E-state index in [1.165, 1.54) is 36.4 Å². The van der Waals surface area contributed by atoms with Crippen LogP contribution in [0, 0.1) is 10.1 Å². The third-order valence-corrected chi connectivity index (χ3v) is 3.20. The van der Waals surface area contributed by atoms with Crippen molar-refractivity contribution in [3.8, 4) is 17.1 Å². The van der Waals surface area contributed by atoms with E-state index in [1.807, 2.05) is 0 Å². The van der Waals surface area contributed by atoms with Gasteiger partial charge in [-0.25, -0.2) is 0 Å². The van der Waals surface area contributed by atoms with Gasteiger partial charge in [0.25, 0.3) is 5.69 Å². The predicted octanol–water partition coefficient (Wildman–Crippen LogP) is 3.00. The average molecular weight is 298 g/mol. The van der Waals surface area contributed by atoms with Gasteiger partial charge in [0.1, 0.15) is 22.5 Å². The van der Waals surface area contributed by atoms with Crippen LogP contribution in [0.25, 0.3) is 22.3 Å². The Morgan fingerprint density at radius 1 is 1.09 bits per heavy atom. The van der Waals surface area contributed by atoms with Crippen LogP contribution < -0.4 is 5.36 Å². The normalized spacial score (nSPS) is 11.7. The molecule has 110 valence electrons. The SMILES string of the molecule is O=[N+]([O-])c1ccc2oc(-c3ccc(O)cc3)cc(=NO)c2c1. The maximum absolute atomic E-state index is 10.8. The number of benzene rings is 2. The Morgan fingerprint density at radius 3 is 2.45 bits per heavy atom. The Balaban J connectivity index is 2.26. The van der Waals surface area contributed by atoms with Crippen molar-refractivity contribution >= 4 is 16.7 Å². The van der Waals surface area contributed by atoms with Crippen LogP contribution in [0.2, 0.25) is 0 Å². The number of rotatable bonds is 2. The molecule has 0 fully saturated rings. The van der Waals surface area contributed by atoms with Crippen LogP contribution in [0.1, 0.15) is 0 Å². The van der Waals surface area contributed by atoms with Crippen LogP contribution in [0.5, 0.6) is 5.75 Å². The minimum Gasteiger partial charge on any atom is -0.508 e. The number of phenolic OH excluding ortho intramolecular Hbond substituents is 1. The third kappa shape index (κ3) is 2.35. The summed E-state index contributed by atoms with van der Waals surface area (Å²) in [6, 6.07) is 11.8. The van der Waals surface area contributed by atoms with Crippen LogP contribution in [0.4, 0.5) is 5.69 Å². The van der Waals surface area contributed by atoms with Gasteiger partial charge in [0.2, 0.25) is 0 Å². The lowest BCUT2D eigenvalue weighted by Gasteiger charge is -2.04. The van der Waals surface area contributed by atoms with Gasteiger partial charge in [0.05, 0.1) is 10.3 Å². The molecule has 0 aliphatic heterocycles. The summed E-state index contributed by atoms with van der Waals surface area (Å²) < 4.78 is 5.69. The number of hydrogen-bond acceptors (Lipinski definition) is 6. The topological polar surface area (TPSA) is 109 Å². The largest absolute Gasteiger partial charge is 0.508 e. The van der Waals surface area contributed by atoms with Crippen molar-refractivity contribution in [1.29, 1.82) is 0 Å². The van der Waals surface area contributed by atoms with Crippen LogP contribution >= 0.6 is 0 Å². The van der Waals surface area contributed by atoms with Crippen molar-refractivity contribution in [1.82, 2.24) is 0 Å². The van der Waals surface area contributed by atoms with Crippen molar-refractivity contribution in [2.45, 2.75) is 0 Å². The van der Waals surface area contributed by atoms with Gasteiger partial charge >= 0.3 is 0 Å². The fraction of sp³-hybridized carbons (Fsp3) is 0. The smallest absolute Gasteiger partial charge is 0.270 e. The van der Waals surface area contributed by atoms with E-state index < -0.39 is 4.92 Å². The van der Waals surface area contributed by atoms with E-state index in [0.717, 1.165) is 0 Å². The minimum atomic E-state index is -0.533. The summed E-state index contributed by atoms with van der Waals surface area (Å²) in [4.78, 5) is 10.3. The molecule has 3 aromatic rings. The summed E-state index contributed by atoms with van der Waals surface area (Å²) in [5.41, 5.74) is 0.900. The molecule has 0 saturated heterocycles. The van der Waals surface area contributed by atoms with Crippen LogP contribution in [-0.4, -0.2) is 15.2 Å². The molecule has 2 aromatic carbocycles. The van der Waals surface area contributed by atoms with Crippen molar-refractivity contribution in [3.05, 3.63) is 64.0 Å². The highest BCUT2D eigenvalue weighted by molar-refractivity contribution is 5.80. The highest BCUT2D eigenvalue weighted by Crippen LogP contribution is 2.25. The summed E-state index contributed by atoms with van der Waals surface area (Å²) in [7, 11) is 0. The molecule has 0 aliphatic rings. The third-order valence-electron chi connectivity index (χ3n) is 3.20. The van der Waals surface area contributed by atoms with E-state index in [2.05, 4.69) is 5.16 Å². The zero-order chi connectivity index (χ0) is 15.7. The predicted molar refractivity (Wildman–Crippen MR) is 77.3 cm³/mol. The van der Waals surface area contributed by atoms with Crippen molar-refractivity contribution in [2.75, 3.05) is 0 Å². The second-order valence-corrected chi connectivity index (χ2v) is 4.58. The molecular formula is C15H10N2O5. The quantitative estimate of drug-likeness (QED) is 0.429. The lowest BCUT2D eigenvalue weighted by molar-refractivity contribution is -0.384. The number of nitro groups is 1. The first kappa shape index (κ1) is 13.6. The molecule has 0 unspecified atom stereocenters. The van der Waals surface area contributed by atoms with Gasteiger partial charge in [0.15, 0.2) is 0 Å². The molecule has 0 saturated carbocycles. The van der Waals surface area contributed by atoms with Gasteiger partial charge in [-0.05, 0) is 30.3 Å². The highest BCUT2D eigenvalue weighted by atomic mass is 16.6. The van der Waals surface area contributed by atoms with Gasteiger partial charge < -0.3 is 14.7 Å². The summed E-state index contributed by atoms with van der Waals surface area (Å²) in [6.45, 7) is 0. The van der Waals surface area contributed by atoms with Crippen molar-refractivity contribution in [3.63, 3.8) is 0 Å². The molecule has 3 rings (SSSR count). The molecule has 0 aliphatic carbocycles. The van der Waals surface area contributed by atoms with E-state index in [9.17, 15) is 15.2 Å². The zero-order valence-corrected chi connectivity index (χ0v) is 11.1. The Bertz CT molecular complexity index is 929. The van der Waals surface area contributed by atoms with Gasteiger partial charge in [-0.15, -0.1) is 0 Å². The Labute approximate surface area is 123 Å². The number of nitro benzene ring substituents is 1. The first-order valence-corrected chi connectivity index (χ1v) is 6.28. The van der Waals surface area contributed by atoms with Crippen LogP contribution in [0.3, 0.4) is 0 Å². The number of aromatic hydroxyl groups is 1. The fourth-order valence-corrected chi connectivity index (χ4v) is 2.12. The molecule has 0 bridgehead atoms. The first-order valence-electron chi connectivity index (χ1n) is 6.28. The van der Waals surface area contributed by atoms with Crippen molar-refractivity contribution < 1.29 is 19.7 Å². The number of fused-ring (bicyclic) bond motifs is 1. The number of phenols is 1. The van der Waals surface area contributed by atoms with Gasteiger partial charge in [0, 0.05) is 23.8 Å². The van der Waals surface area contributed by atoms with Gasteiger partial charge in [-0.1, -0.05) is 5.16 Å². The Kier molecular flexibility index (Phi) is 3.23. The zero-order valence-electron chi connectivity index (χ0n) is 11.1. The second kappa shape index (κ2) is 5.21. The number of hydrogen-bond donors (Lipinski definition) is 2. The maximum atomic E-state index is 10.8. The fourth-order valence-electron chi connectivity index (χ4n) is 2.12. The lowest BCUT2D eigenvalue weighted by atomic mass is 10.1. The van der Waals surface area contributed by atoms with E-state index in [1.54, 1.807) is 12.1 Å². The molecule has 1 heterocycles. The molecule has 0 spiro atoms. The second-order valence-electron chi connectivity index (χ2n) is 4.58. The summed E-state index contributed by atoms with van der Waals surface area (Å²) >= 11 is 0. The first-order chi connectivity index (χ1) is 10.6. The molecule has 2 N–H and O–H groups in total. The van der Waals surface area contributed by atoms with E-state index in [4.69, 9.17) is 9.62 Å². The van der Waals surface area contributed by atoms with E-state index in [-0.39, 0.29) is 16.8 Å². The molecule has 0 atom stereocenters. The summed E-state index contributed by atoms with van der Waals surface area (Å²) in [6.07, 6.45) is 0. The number of nitrogens with zero attached hydrogens (tertiary/aromatic N) is 2. The molecule has 0 radical (unpaired) electrons. The molecule has 22 heavy (non-hydrogen) atoms. The van der Waals surface area contributed by atoms with E-state index >= 15 is 0 Å². The molecule has 0 amide bonds. The standard InChI is InChI=1S/C15H10N2O5/c18-11-4-1-9(2-5-11)15-8-13(16-19)12-7-10(17(20)21)3-6-14(12)22-15/h1-8,18-19H. The van der Waals surface area contributed by atoms with Crippen molar-refractivity contribution in [2.24, 2.45) is 5.16 Å². The van der Waals surface area contributed by atoms with Crippen LogP contribution in [0.15, 0.2) is 58.1 Å². The highest BCUT2D eigenvalue weighted by Gasteiger charge is 2.11. The maximum Gasteiger partial charge on any atom is 0.270 e. The lowest BCUT2D eigenvalue weighted by Crippen LogP contribution is -2.04. The monoisotopic (exact) mass is 298 g/mol. The summed E-state index contributed by atoms with van der Waals surface area (Å²) in [5.74, 6) is 0.529. The molecule has 7 nitrogen and oxygen atoms in total.